The van der Waals surface area contributed by atoms with Gasteiger partial charge in [-0.25, -0.2) is 4.79 Å². The number of hydrogen-bond acceptors (Lipinski definition) is 5. The summed E-state index contributed by atoms with van der Waals surface area (Å²) in [4.78, 5) is 24.2. The lowest BCUT2D eigenvalue weighted by molar-refractivity contribution is -0.218. The molecule has 4 rings (SSSR count). The molecule has 1 aliphatic heterocycles. The normalized spacial score (nSPS) is 34.1. The lowest BCUT2D eigenvalue weighted by Crippen LogP contribution is -2.61. The fourth-order valence-electron chi connectivity index (χ4n) is 5.65. The number of rotatable bonds is 3. The zero-order valence-corrected chi connectivity index (χ0v) is 19.4. The fourth-order valence-corrected chi connectivity index (χ4v) is 6.13. The highest BCUT2D eigenvalue weighted by molar-refractivity contribution is 6.46. The Morgan fingerprint density at radius 1 is 1.30 bits per heavy atom. The monoisotopic (exact) mass is 434 g/mol. The number of ether oxygens (including phenoxy) is 3. The minimum atomic E-state index is -1.69. The minimum absolute atomic E-state index is 0.184. The van der Waals surface area contributed by atoms with E-state index in [9.17, 15) is 9.59 Å². The van der Waals surface area contributed by atoms with Crippen LogP contribution in [0.2, 0.25) is 0 Å². The highest BCUT2D eigenvalue weighted by Gasteiger charge is 2.64. The van der Waals surface area contributed by atoms with Gasteiger partial charge in [-0.2, -0.15) is 0 Å². The third kappa shape index (κ3) is 2.92. The number of benzene rings is 1. The van der Waals surface area contributed by atoms with Gasteiger partial charge < -0.3 is 14.2 Å². The average molecular weight is 435 g/mol. The molecule has 5 nitrogen and oxygen atoms in total. The van der Waals surface area contributed by atoms with Gasteiger partial charge in [-0.1, -0.05) is 44.5 Å². The first-order valence-electron chi connectivity index (χ1n) is 10.9. The second-order valence-electron chi connectivity index (χ2n) is 9.77. The number of Topliss-reactive ketones (excluding diaryl/α,β-unsaturated/α-hetero) is 1. The van der Waals surface area contributed by atoms with Crippen molar-refractivity contribution in [3.63, 3.8) is 0 Å². The molecule has 0 spiro atoms. The van der Waals surface area contributed by atoms with Crippen molar-refractivity contribution < 1.29 is 23.8 Å². The smallest absolute Gasteiger partial charge is 0.335 e. The van der Waals surface area contributed by atoms with Crippen molar-refractivity contribution in [3.8, 4) is 5.75 Å². The topological polar surface area (TPSA) is 61.8 Å². The number of fused-ring (bicyclic) bond motifs is 2. The Kier molecular flexibility index (Phi) is 5.02. The van der Waals surface area contributed by atoms with E-state index in [-0.39, 0.29) is 24.9 Å². The van der Waals surface area contributed by atoms with Crippen LogP contribution in [0.1, 0.15) is 89.5 Å². The first-order valence-corrected chi connectivity index (χ1v) is 11.3. The van der Waals surface area contributed by atoms with E-state index in [1.807, 2.05) is 13.8 Å². The van der Waals surface area contributed by atoms with Crippen LogP contribution in [0, 0.1) is 5.92 Å². The Bertz CT molecular complexity index is 907. The number of alkyl halides is 1. The summed E-state index contributed by atoms with van der Waals surface area (Å²) >= 11 is 6.91. The molecule has 1 fully saturated rings. The Hall–Kier alpha value is -1.59. The standard InChI is InChI=1S/C24H31ClO5/c1-7-28-21(27)24(25)17-12-16-19-15(23(17,6)11-10-18(24)26)9-8-14(13(2)3)20(19)30-22(4,5)29-16/h8-9,13,16-17H,7,10-12H2,1-6H3/t16-,17+,23+,24+/m0/s1. The van der Waals surface area contributed by atoms with Crippen LogP contribution in [-0.2, 0) is 24.5 Å². The van der Waals surface area contributed by atoms with E-state index >= 15 is 0 Å². The average Bonchev–Trinajstić information content (AvgIpc) is 2.66. The third-order valence-electron chi connectivity index (χ3n) is 7.11. The Morgan fingerprint density at radius 3 is 2.63 bits per heavy atom. The van der Waals surface area contributed by atoms with Crippen molar-refractivity contribution in [2.24, 2.45) is 5.92 Å². The quantitative estimate of drug-likeness (QED) is 0.372. The second-order valence-corrected chi connectivity index (χ2v) is 10.4. The molecule has 0 unspecified atom stereocenters. The van der Waals surface area contributed by atoms with E-state index in [1.54, 1.807) is 6.92 Å². The Labute approximate surface area is 183 Å². The Balaban J connectivity index is 1.93. The van der Waals surface area contributed by atoms with Crippen molar-refractivity contribution in [3.05, 3.63) is 28.8 Å². The molecule has 0 aromatic heterocycles. The molecular formula is C24H31ClO5. The summed E-state index contributed by atoms with van der Waals surface area (Å²) in [5.41, 5.74) is 2.82. The molecule has 6 heteroatoms. The van der Waals surface area contributed by atoms with Gasteiger partial charge in [0.2, 0.25) is 10.7 Å². The molecule has 0 bridgehead atoms. The molecular weight excluding hydrogens is 404 g/mol. The van der Waals surface area contributed by atoms with Crippen LogP contribution in [0.25, 0.3) is 0 Å². The van der Waals surface area contributed by atoms with E-state index in [0.29, 0.717) is 18.8 Å². The van der Waals surface area contributed by atoms with Gasteiger partial charge in [0.1, 0.15) is 5.75 Å². The molecule has 3 aliphatic rings. The molecule has 30 heavy (non-hydrogen) atoms. The zero-order chi connectivity index (χ0) is 22.1. The molecule has 2 aliphatic carbocycles. The molecule has 1 aromatic carbocycles. The van der Waals surface area contributed by atoms with Crippen LogP contribution in [0.5, 0.6) is 5.75 Å². The van der Waals surface area contributed by atoms with E-state index < -0.39 is 28.0 Å². The summed E-state index contributed by atoms with van der Waals surface area (Å²) in [6, 6.07) is 4.23. The van der Waals surface area contributed by atoms with Crippen LogP contribution >= 0.6 is 11.6 Å². The predicted molar refractivity (Wildman–Crippen MR) is 114 cm³/mol. The number of carbonyl (C=O) groups is 2. The van der Waals surface area contributed by atoms with Crippen LogP contribution in [-0.4, -0.2) is 29.0 Å². The molecule has 4 atom stereocenters. The van der Waals surface area contributed by atoms with Crippen molar-refractivity contribution in [1.82, 2.24) is 0 Å². The maximum Gasteiger partial charge on any atom is 0.335 e. The summed E-state index contributed by atoms with van der Waals surface area (Å²) in [7, 11) is 0. The fraction of sp³-hybridized carbons (Fsp3) is 0.667. The van der Waals surface area contributed by atoms with Crippen LogP contribution in [0.3, 0.4) is 0 Å². The lowest BCUT2D eigenvalue weighted by Gasteiger charge is -2.55. The molecule has 1 aromatic rings. The minimum Gasteiger partial charge on any atom is -0.464 e. The van der Waals surface area contributed by atoms with Gasteiger partial charge in [0.15, 0.2) is 5.78 Å². The van der Waals surface area contributed by atoms with Crippen LogP contribution < -0.4 is 4.74 Å². The van der Waals surface area contributed by atoms with Gasteiger partial charge in [0.25, 0.3) is 0 Å². The maximum absolute atomic E-state index is 13.0. The highest BCUT2D eigenvalue weighted by Crippen LogP contribution is 2.62. The van der Waals surface area contributed by atoms with Crippen molar-refractivity contribution in [1.29, 1.82) is 0 Å². The molecule has 1 saturated carbocycles. The van der Waals surface area contributed by atoms with Gasteiger partial charge in [-0.15, -0.1) is 0 Å². The first kappa shape index (κ1) is 21.6. The number of carbonyl (C=O) groups excluding carboxylic acids is 2. The second kappa shape index (κ2) is 6.96. The van der Waals surface area contributed by atoms with Gasteiger partial charge in [0.05, 0.1) is 12.7 Å². The summed E-state index contributed by atoms with van der Waals surface area (Å²) in [6.45, 7) is 12.1. The summed E-state index contributed by atoms with van der Waals surface area (Å²) in [6.07, 6.45) is 1.05. The molecule has 0 saturated heterocycles. The van der Waals surface area contributed by atoms with E-state index in [4.69, 9.17) is 25.8 Å². The molecule has 164 valence electrons. The summed E-state index contributed by atoms with van der Waals surface area (Å²) < 4.78 is 17.9. The SMILES string of the molecule is CCOC(=O)[C@]1(Cl)C(=O)CC[C@]2(C)c3ccc(C(C)C)c4c3[C@H](C[C@@H]12)OC(C)(C)O4. The first-order chi connectivity index (χ1) is 14.0. The number of esters is 1. The number of halogens is 1. The largest absolute Gasteiger partial charge is 0.464 e. The maximum atomic E-state index is 13.0. The van der Waals surface area contributed by atoms with Gasteiger partial charge >= 0.3 is 5.97 Å². The zero-order valence-electron chi connectivity index (χ0n) is 18.6. The van der Waals surface area contributed by atoms with E-state index in [0.717, 1.165) is 22.4 Å². The van der Waals surface area contributed by atoms with E-state index in [2.05, 4.69) is 32.9 Å². The van der Waals surface area contributed by atoms with Gasteiger partial charge in [0, 0.05) is 31.7 Å². The van der Waals surface area contributed by atoms with Crippen molar-refractivity contribution >= 4 is 23.4 Å². The van der Waals surface area contributed by atoms with E-state index in [1.165, 1.54) is 0 Å². The Morgan fingerprint density at radius 2 is 2.00 bits per heavy atom. The summed E-state index contributed by atoms with van der Waals surface area (Å²) in [5.74, 6) is -0.941. The number of hydrogen-bond donors (Lipinski definition) is 0. The van der Waals surface area contributed by atoms with Crippen molar-refractivity contribution in [2.75, 3.05) is 6.61 Å². The molecule has 0 radical (unpaired) electrons. The third-order valence-corrected chi connectivity index (χ3v) is 7.74. The molecule has 0 amide bonds. The van der Waals surface area contributed by atoms with Crippen molar-refractivity contribution in [2.45, 2.75) is 88.9 Å². The highest BCUT2D eigenvalue weighted by atomic mass is 35.5. The number of ketones is 1. The molecule has 0 N–H and O–H groups in total. The lowest BCUT2D eigenvalue weighted by atomic mass is 9.53. The predicted octanol–water partition coefficient (Wildman–Crippen LogP) is 5.18. The van der Waals surface area contributed by atoms with Crippen LogP contribution in [0.4, 0.5) is 0 Å². The van der Waals surface area contributed by atoms with Crippen LogP contribution in [0.15, 0.2) is 12.1 Å². The van der Waals surface area contributed by atoms with Gasteiger partial charge in [-0.05, 0) is 42.2 Å². The van der Waals surface area contributed by atoms with Gasteiger partial charge in [-0.3, -0.25) is 4.79 Å². The molecule has 1 heterocycles. The summed E-state index contributed by atoms with van der Waals surface area (Å²) in [5, 5.41) is 0.